The van der Waals surface area contributed by atoms with Crippen LogP contribution in [0, 0.1) is 11.8 Å². The fraction of sp³-hybridized carbons (Fsp3) is 0.557. The number of carboxylic acids is 3. The zero-order valence-electron chi connectivity index (χ0n) is 60.5. The van der Waals surface area contributed by atoms with Crippen LogP contribution in [-0.2, 0) is 86.4 Å². The predicted octanol–water partition coefficient (Wildman–Crippen LogP) is -2.69. The van der Waals surface area contributed by atoms with Crippen LogP contribution >= 0.6 is 0 Å². The number of amides is 11. The number of benzene rings is 2. The summed E-state index contributed by atoms with van der Waals surface area (Å²) >= 11 is 0. The van der Waals surface area contributed by atoms with Crippen molar-refractivity contribution in [3.8, 4) is 0 Å². The molecular weight excluding hydrogens is 1360 g/mol. The monoisotopic (exact) mass is 1470 g/mol. The van der Waals surface area contributed by atoms with E-state index in [0.717, 1.165) is 0 Å². The van der Waals surface area contributed by atoms with Gasteiger partial charge in [-0.1, -0.05) is 83.1 Å². The summed E-state index contributed by atoms with van der Waals surface area (Å²) < 4.78 is 0. The minimum Gasteiger partial charge on any atom is -0.480 e. The van der Waals surface area contributed by atoms with E-state index >= 15 is 0 Å². The average molecular weight is 1470 g/mol. The summed E-state index contributed by atoms with van der Waals surface area (Å²) in [7, 11) is 0. The molecule has 0 radical (unpaired) electrons. The maximum absolute atomic E-state index is 14.7. The highest BCUT2D eigenvalue weighted by Crippen LogP contribution is 2.20. The first-order chi connectivity index (χ1) is 50.0. The lowest BCUT2D eigenvalue weighted by Gasteiger charge is -2.32. The smallest absolute Gasteiger partial charge is 0.317 e. The molecular formula is C70H104N18O17. The molecule has 35 nitrogen and oxygen atoms in total. The van der Waals surface area contributed by atoms with Crippen molar-refractivity contribution in [3.05, 3.63) is 90.1 Å². The molecule has 2 aromatic carbocycles. The van der Waals surface area contributed by atoms with Crippen LogP contribution in [0.4, 0.5) is 0 Å². The summed E-state index contributed by atoms with van der Waals surface area (Å²) in [6.07, 6.45) is 4.25. The molecule has 35 heteroatoms. The van der Waals surface area contributed by atoms with Crippen LogP contribution < -0.4 is 58.9 Å². The van der Waals surface area contributed by atoms with Gasteiger partial charge in [-0.3, -0.25) is 86.7 Å². The van der Waals surface area contributed by atoms with E-state index in [-0.39, 0.29) is 135 Å². The molecule has 1 fully saturated rings. The normalized spacial score (nSPS) is 15.5. The topological polar surface area (TPSA) is 503 Å². The summed E-state index contributed by atoms with van der Waals surface area (Å²) in [5, 5.41) is 56.2. The summed E-state index contributed by atoms with van der Waals surface area (Å²) in [5.74, 6) is -11.9. The van der Waals surface area contributed by atoms with Crippen LogP contribution in [0.1, 0.15) is 96.9 Å². The molecule has 11 amide bonds. The Kier molecular flexibility index (Phi) is 36.0. The molecule has 2 aromatic heterocycles. The van der Waals surface area contributed by atoms with E-state index in [1.54, 1.807) is 94.2 Å². The molecule has 0 spiro atoms. The van der Waals surface area contributed by atoms with Gasteiger partial charge in [-0.05, 0) is 61.6 Å². The number of para-hydroxylation sites is 1. The Balaban J connectivity index is 1.25. The van der Waals surface area contributed by atoms with Crippen molar-refractivity contribution in [2.45, 2.75) is 142 Å². The van der Waals surface area contributed by atoms with Crippen molar-refractivity contribution in [3.63, 3.8) is 0 Å². The third-order valence-electron chi connectivity index (χ3n) is 17.2. The number of nitrogens with two attached hydrogens (primary N) is 1. The summed E-state index contributed by atoms with van der Waals surface area (Å²) in [4.78, 5) is 203. The zero-order valence-corrected chi connectivity index (χ0v) is 60.5. The molecule has 1 saturated heterocycles. The highest BCUT2D eigenvalue weighted by Gasteiger charge is 2.35. The van der Waals surface area contributed by atoms with Crippen molar-refractivity contribution in [1.29, 1.82) is 0 Å². The number of nitrogens with zero attached hydrogens (tertiary/aromatic N) is 5. The number of carbonyl (C=O) groups is 14. The van der Waals surface area contributed by atoms with Crippen molar-refractivity contribution in [2.24, 2.45) is 17.6 Å². The molecule has 3 heterocycles. The van der Waals surface area contributed by atoms with E-state index in [9.17, 15) is 82.4 Å². The van der Waals surface area contributed by atoms with E-state index in [1.807, 2.05) is 20.8 Å². The van der Waals surface area contributed by atoms with Gasteiger partial charge in [0.25, 0.3) is 0 Å². The van der Waals surface area contributed by atoms with E-state index in [0.29, 0.717) is 47.1 Å². The number of imidazole rings is 1. The quantitative estimate of drug-likeness (QED) is 0.0201. The number of hydrogen-bond acceptors (Lipinski definition) is 19. The first kappa shape index (κ1) is 85.3. The maximum atomic E-state index is 14.7. The Bertz CT molecular complexity index is 3520. The Morgan fingerprint density at radius 3 is 1.58 bits per heavy atom. The number of carbonyl (C=O) groups excluding carboxylic acids is 11. The number of aromatic amines is 2. The Hall–Kier alpha value is -10.4. The first-order valence-corrected chi connectivity index (χ1v) is 35.3. The number of carboxylic acid groups (broad SMARTS) is 3. The number of aromatic nitrogens is 3. The van der Waals surface area contributed by atoms with Gasteiger partial charge in [0.05, 0.1) is 39.1 Å². The fourth-order valence-electron chi connectivity index (χ4n) is 11.6. The largest absolute Gasteiger partial charge is 0.480 e. The molecule has 1 aliphatic heterocycles. The van der Waals surface area contributed by atoms with Gasteiger partial charge in [0.1, 0.15) is 42.3 Å². The number of fused-ring (bicyclic) bond motifs is 1. The van der Waals surface area contributed by atoms with E-state index in [1.165, 1.54) is 19.4 Å². The van der Waals surface area contributed by atoms with Crippen molar-refractivity contribution in [2.75, 3.05) is 98.2 Å². The molecule has 0 bridgehead atoms. The van der Waals surface area contributed by atoms with Gasteiger partial charge in [-0.15, -0.1) is 0 Å². The minimum absolute atomic E-state index is 0.00141. The van der Waals surface area contributed by atoms with Crippen molar-refractivity contribution in [1.82, 2.24) is 87.7 Å². The maximum Gasteiger partial charge on any atom is 0.317 e. The number of hydrogen-bond donors (Lipinski definition) is 16. The number of nitrogens with one attached hydrogen (secondary N) is 12. The van der Waals surface area contributed by atoms with Crippen molar-refractivity contribution < 1.29 is 82.4 Å². The number of primary amides is 1. The van der Waals surface area contributed by atoms with E-state index < -0.39 is 138 Å². The van der Waals surface area contributed by atoms with Crippen LogP contribution in [0.2, 0.25) is 0 Å². The lowest BCUT2D eigenvalue weighted by molar-refractivity contribution is -0.140. The van der Waals surface area contributed by atoms with Crippen LogP contribution in [0.25, 0.3) is 10.9 Å². The summed E-state index contributed by atoms with van der Waals surface area (Å²) in [5.41, 5.74) is 7.93. The molecule has 17 N–H and O–H groups in total. The van der Waals surface area contributed by atoms with Gasteiger partial charge in [-0.25, -0.2) is 4.98 Å². The first-order valence-electron chi connectivity index (χ1n) is 35.3. The molecule has 0 aliphatic carbocycles. The molecule has 5 rings (SSSR count). The number of H-pyrrole nitrogens is 2. The molecule has 0 unspecified atom stereocenters. The SMILES string of the molecule is CCCNC(=O)[C@H](CC(C)C)NC(=O)[C@H](Cc1cnc[nH]1)NC(=O)CNC(=O)[C@@H](NC(=O)[C@H](C)NC(=O)[C@H](Cc1c[nH]c2ccccc12)NC(=O)[C@H](CCC(N)=O)NC(=O)[C@@H](Cc1ccccc1)NC(=O)CCCNC(=O)CN1CCN(CC(=O)O)CCN(CC(=O)O)CCN(CC(=O)O)CC1)C(C)C. The lowest BCUT2D eigenvalue weighted by atomic mass is 10.0. The van der Waals surface area contributed by atoms with E-state index in [2.05, 4.69) is 68.1 Å². The summed E-state index contributed by atoms with van der Waals surface area (Å²) in [6, 6.07) is 6.57. The molecule has 105 heavy (non-hydrogen) atoms. The van der Waals surface area contributed by atoms with Crippen LogP contribution in [0.3, 0.4) is 0 Å². The molecule has 576 valence electrons. The highest BCUT2D eigenvalue weighted by molar-refractivity contribution is 5.98. The van der Waals surface area contributed by atoms with Gasteiger partial charge in [0.15, 0.2) is 0 Å². The average Bonchev–Trinajstić information content (AvgIpc) is 1.64. The van der Waals surface area contributed by atoms with Gasteiger partial charge >= 0.3 is 17.9 Å². The van der Waals surface area contributed by atoms with Crippen LogP contribution in [-0.4, -0.2) is 273 Å². The van der Waals surface area contributed by atoms with Gasteiger partial charge in [0.2, 0.25) is 65.0 Å². The lowest BCUT2D eigenvalue weighted by Crippen LogP contribution is -2.60. The van der Waals surface area contributed by atoms with E-state index in [4.69, 9.17) is 5.73 Å². The summed E-state index contributed by atoms with van der Waals surface area (Å²) in [6.45, 7) is 10.4. The highest BCUT2D eigenvalue weighted by atomic mass is 16.4. The minimum atomic E-state index is -1.56. The third-order valence-corrected chi connectivity index (χ3v) is 17.2. The second-order valence-electron chi connectivity index (χ2n) is 26.8. The Labute approximate surface area is 609 Å². The molecule has 7 atom stereocenters. The Morgan fingerprint density at radius 1 is 0.505 bits per heavy atom. The zero-order chi connectivity index (χ0) is 77.1. The fourth-order valence-corrected chi connectivity index (χ4v) is 11.6. The molecule has 4 aromatic rings. The van der Waals surface area contributed by atoms with Crippen LogP contribution in [0.15, 0.2) is 73.3 Å². The molecule has 0 saturated carbocycles. The standard InChI is InChI=1S/C70H104N18O17/c1-7-21-74-65(100)52(31-43(2)3)82-69(104)55(34-48-36-72-42-77-48)80-58(91)37-76-70(105)63(44(4)5)84-64(99)45(6)78-67(102)54(33-47-35-75-50-17-12-11-16-49(47)50)83-66(101)51(19-20-56(71)89)81-68(103)53(32-46-14-9-8-10-15-46)79-57(90)18-13-22-73-59(92)38-85-23-25-86(39-60(93)94)27-29-88(41-62(97)98)30-28-87(26-24-85)40-61(95)96/h8-12,14-17,35-36,42-45,51-55,63,75H,7,13,18-34,37-41H2,1-6H3,(H2,71,89)(H,72,77)(H,73,92)(H,74,100)(H,76,105)(H,78,102)(H,79,90)(H,80,91)(H,81,103)(H,82,104)(H,83,101)(H,84,99)(H,93,94)(H,95,96)(H,97,98)/t45-,51-,52-,53+,54-,55-,63-/m0/s1. The predicted molar refractivity (Wildman–Crippen MR) is 384 cm³/mol. The third kappa shape index (κ3) is 31.6. The van der Waals surface area contributed by atoms with Gasteiger partial charge in [-0.2, -0.15) is 0 Å². The van der Waals surface area contributed by atoms with Crippen LogP contribution in [0.5, 0.6) is 0 Å². The second-order valence-corrected chi connectivity index (χ2v) is 26.8. The Morgan fingerprint density at radius 2 is 1.03 bits per heavy atom. The number of aliphatic carboxylic acids is 3. The second kappa shape index (κ2) is 44.3. The number of rotatable bonds is 42. The molecule has 1 aliphatic rings. The van der Waals surface area contributed by atoms with Crippen molar-refractivity contribution >= 4 is 93.8 Å². The van der Waals surface area contributed by atoms with Gasteiger partial charge in [0, 0.05) is 127 Å². The van der Waals surface area contributed by atoms with Gasteiger partial charge < -0.3 is 84.2 Å².